The summed E-state index contributed by atoms with van der Waals surface area (Å²) in [6, 6.07) is 1.94. The summed E-state index contributed by atoms with van der Waals surface area (Å²) in [4.78, 5) is 6.95. The van der Waals surface area contributed by atoms with E-state index in [-0.39, 0.29) is 6.10 Å². The van der Waals surface area contributed by atoms with Gasteiger partial charge in [0.05, 0.1) is 38.4 Å². The van der Waals surface area contributed by atoms with Crippen LogP contribution < -0.4 is 5.32 Å². The average molecular weight is 317 g/mol. The van der Waals surface area contributed by atoms with E-state index in [2.05, 4.69) is 22.2 Å². The van der Waals surface area contributed by atoms with E-state index >= 15 is 0 Å². The summed E-state index contributed by atoms with van der Waals surface area (Å²) in [7, 11) is 1.92. The third kappa shape index (κ3) is 3.92. The zero-order valence-electron chi connectivity index (χ0n) is 13.6. The predicted octanol–water partition coefficient (Wildman–Crippen LogP) is 1.55. The van der Waals surface area contributed by atoms with Crippen molar-refractivity contribution in [1.82, 2.24) is 20.0 Å². The van der Waals surface area contributed by atoms with E-state index in [9.17, 15) is 0 Å². The van der Waals surface area contributed by atoms with Crippen molar-refractivity contribution >= 4 is 5.96 Å². The van der Waals surface area contributed by atoms with Crippen LogP contribution in [0.2, 0.25) is 0 Å². The number of hydrogen-bond acceptors (Lipinski definition) is 4. The Labute approximate surface area is 135 Å². The number of guanidine groups is 1. The molecule has 3 heterocycles. The summed E-state index contributed by atoms with van der Waals surface area (Å²) < 4.78 is 12.8. The van der Waals surface area contributed by atoms with Crippen LogP contribution in [0.4, 0.5) is 0 Å². The molecule has 2 aromatic rings. The maximum absolute atomic E-state index is 5.89. The first-order valence-electron chi connectivity index (χ1n) is 7.90. The number of morpholine rings is 1. The third-order valence-corrected chi connectivity index (χ3v) is 3.79. The number of aryl methyl sites for hydroxylation is 1. The standard InChI is InChI=1S/C16H23N5O2/c1-3-17-16(18-8-13-4-6-22-12-13)21-5-7-23-15(11-21)14-9-19-20(2)10-14/h4,6,9-10,12,15H,3,5,7-8,11H2,1-2H3,(H,17,18). The first kappa shape index (κ1) is 15.6. The number of furan rings is 1. The molecule has 3 rings (SSSR count). The maximum atomic E-state index is 5.89. The summed E-state index contributed by atoms with van der Waals surface area (Å²) in [6.45, 7) is 5.78. The minimum Gasteiger partial charge on any atom is -0.472 e. The second-order valence-corrected chi connectivity index (χ2v) is 5.55. The Kier molecular flexibility index (Phi) is 4.97. The van der Waals surface area contributed by atoms with Gasteiger partial charge in [0.15, 0.2) is 5.96 Å². The zero-order valence-corrected chi connectivity index (χ0v) is 13.6. The number of nitrogens with one attached hydrogen (secondary N) is 1. The Balaban J connectivity index is 1.69. The summed E-state index contributed by atoms with van der Waals surface area (Å²) in [6.07, 6.45) is 7.29. The lowest BCUT2D eigenvalue weighted by Crippen LogP contribution is -2.48. The lowest BCUT2D eigenvalue weighted by Gasteiger charge is -2.34. The molecule has 0 spiro atoms. The number of aromatic nitrogens is 2. The van der Waals surface area contributed by atoms with Gasteiger partial charge in [0, 0.05) is 37.5 Å². The van der Waals surface area contributed by atoms with Crippen molar-refractivity contribution < 1.29 is 9.15 Å². The number of nitrogens with zero attached hydrogens (tertiary/aromatic N) is 4. The van der Waals surface area contributed by atoms with Crippen LogP contribution in [0.3, 0.4) is 0 Å². The third-order valence-electron chi connectivity index (χ3n) is 3.79. The predicted molar refractivity (Wildman–Crippen MR) is 87.0 cm³/mol. The van der Waals surface area contributed by atoms with E-state index in [0.717, 1.165) is 36.7 Å². The Morgan fingerprint density at radius 3 is 3.13 bits per heavy atom. The van der Waals surface area contributed by atoms with Crippen LogP contribution in [0.5, 0.6) is 0 Å². The van der Waals surface area contributed by atoms with Gasteiger partial charge in [-0.25, -0.2) is 4.99 Å². The minimum absolute atomic E-state index is 0.0234. The van der Waals surface area contributed by atoms with Crippen molar-refractivity contribution in [2.75, 3.05) is 26.2 Å². The number of rotatable bonds is 4. The molecule has 2 aromatic heterocycles. The van der Waals surface area contributed by atoms with Crippen molar-refractivity contribution in [1.29, 1.82) is 0 Å². The van der Waals surface area contributed by atoms with E-state index in [4.69, 9.17) is 14.1 Å². The van der Waals surface area contributed by atoms with Gasteiger partial charge in [-0.15, -0.1) is 0 Å². The molecule has 0 radical (unpaired) electrons. The molecule has 0 aliphatic carbocycles. The average Bonchev–Trinajstić information content (AvgIpc) is 3.23. The van der Waals surface area contributed by atoms with E-state index < -0.39 is 0 Å². The normalized spacial score (nSPS) is 19.1. The first-order chi connectivity index (χ1) is 11.3. The number of ether oxygens (including phenoxy) is 1. The highest BCUT2D eigenvalue weighted by atomic mass is 16.5. The summed E-state index contributed by atoms with van der Waals surface area (Å²) in [5.74, 6) is 0.908. The summed E-state index contributed by atoms with van der Waals surface area (Å²) in [5, 5.41) is 7.59. The van der Waals surface area contributed by atoms with Crippen LogP contribution in [-0.4, -0.2) is 46.9 Å². The Bertz CT molecular complexity index is 635. The molecule has 1 saturated heterocycles. The smallest absolute Gasteiger partial charge is 0.194 e. The molecule has 0 bridgehead atoms. The van der Waals surface area contributed by atoms with E-state index in [0.29, 0.717) is 13.2 Å². The molecule has 124 valence electrons. The Morgan fingerprint density at radius 1 is 1.52 bits per heavy atom. The SMILES string of the molecule is CCNC(=NCc1ccoc1)N1CCOC(c2cnn(C)c2)C1. The summed E-state index contributed by atoms with van der Waals surface area (Å²) in [5.41, 5.74) is 2.17. The van der Waals surface area contributed by atoms with Gasteiger partial charge < -0.3 is 19.4 Å². The second-order valence-electron chi connectivity index (χ2n) is 5.55. The van der Waals surface area contributed by atoms with Gasteiger partial charge in [-0.3, -0.25) is 4.68 Å². The van der Waals surface area contributed by atoms with Crippen molar-refractivity contribution in [2.45, 2.75) is 19.6 Å². The monoisotopic (exact) mass is 317 g/mol. The van der Waals surface area contributed by atoms with Gasteiger partial charge in [0.2, 0.25) is 0 Å². The lowest BCUT2D eigenvalue weighted by molar-refractivity contribution is -0.00805. The van der Waals surface area contributed by atoms with E-state index in [1.54, 1.807) is 17.2 Å². The van der Waals surface area contributed by atoms with Gasteiger partial charge >= 0.3 is 0 Å². The highest BCUT2D eigenvalue weighted by Gasteiger charge is 2.25. The second kappa shape index (κ2) is 7.32. The molecular formula is C16H23N5O2. The molecule has 7 heteroatoms. The number of aliphatic imine (C=N–C) groups is 1. The van der Waals surface area contributed by atoms with Crippen LogP contribution in [0, 0.1) is 0 Å². The number of hydrogen-bond donors (Lipinski definition) is 1. The van der Waals surface area contributed by atoms with Crippen molar-refractivity contribution in [3.05, 3.63) is 42.1 Å². The Morgan fingerprint density at radius 2 is 2.43 bits per heavy atom. The molecule has 1 N–H and O–H groups in total. The first-order valence-corrected chi connectivity index (χ1v) is 7.90. The zero-order chi connectivity index (χ0) is 16.1. The van der Waals surface area contributed by atoms with Crippen LogP contribution in [0.15, 0.2) is 40.4 Å². The molecule has 1 aliphatic heterocycles. The minimum atomic E-state index is 0.0234. The highest BCUT2D eigenvalue weighted by molar-refractivity contribution is 5.80. The summed E-state index contributed by atoms with van der Waals surface area (Å²) >= 11 is 0. The fourth-order valence-corrected chi connectivity index (χ4v) is 2.62. The highest BCUT2D eigenvalue weighted by Crippen LogP contribution is 2.21. The van der Waals surface area contributed by atoms with E-state index in [1.165, 1.54) is 0 Å². The molecule has 7 nitrogen and oxygen atoms in total. The molecular weight excluding hydrogens is 294 g/mol. The molecule has 1 aliphatic rings. The van der Waals surface area contributed by atoms with Crippen molar-refractivity contribution in [3.8, 4) is 0 Å². The van der Waals surface area contributed by atoms with Gasteiger partial charge in [-0.1, -0.05) is 0 Å². The van der Waals surface area contributed by atoms with Crippen molar-refractivity contribution in [2.24, 2.45) is 12.0 Å². The van der Waals surface area contributed by atoms with E-state index in [1.807, 2.05) is 25.5 Å². The molecule has 23 heavy (non-hydrogen) atoms. The largest absolute Gasteiger partial charge is 0.472 e. The van der Waals surface area contributed by atoms with Crippen LogP contribution >= 0.6 is 0 Å². The molecule has 0 aromatic carbocycles. The van der Waals surface area contributed by atoms with Gasteiger partial charge in [0.25, 0.3) is 0 Å². The van der Waals surface area contributed by atoms with Gasteiger partial charge in [-0.2, -0.15) is 5.10 Å². The quantitative estimate of drug-likeness (QED) is 0.684. The molecule has 0 saturated carbocycles. The fraction of sp³-hybridized carbons (Fsp3) is 0.500. The van der Waals surface area contributed by atoms with Crippen molar-refractivity contribution in [3.63, 3.8) is 0 Å². The molecule has 1 atom stereocenters. The maximum Gasteiger partial charge on any atom is 0.194 e. The van der Waals surface area contributed by atoms with Gasteiger partial charge in [0.1, 0.15) is 6.10 Å². The Hall–Kier alpha value is -2.28. The fourth-order valence-electron chi connectivity index (χ4n) is 2.62. The lowest BCUT2D eigenvalue weighted by atomic mass is 10.1. The molecule has 0 amide bonds. The molecule has 1 unspecified atom stereocenters. The van der Waals surface area contributed by atoms with Crippen LogP contribution in [0.1, 0.15) is 24.2 Å². The molecule has 1 fully saturated rings. The topological polar surface area (TPSA) is 67.8 Å². The van der Waals surface area contributed by atoms with Gasteiger partial charge in [-0.05, 0) is 13.0 Å². The van der Waals surface area contributed by atoms with Crippen LogP contribution in [0.25, 0.3) is 0 Å². The van der Waals surface area contributed by atoms with Crippen LogP contribution in [-0.2, 0) is 18.3 Å².